The molecule has 0 saturated carbocycles. The fourth-order valence-electron chi connectivity index (χ4n) is 5.91. The molecule has 0 aromatic heterocycles. The molecule has 3 aromatic carbocycles. The van der Waals surface area contributed by atoms with Gasteiger partial charge in [0.15, 0.2) is 16.7 Å². The van der Waals surface area contributed by atoms with Crippen LogP contribution in [-0.2, 0) is 0 Å². The third kappa shape index (κ3) is 5.63. The molecular formula is C33H26F4N2O4S. The Hall–Kier alpha value is -4.38. The zero-order chi connectivity index (χ0) is 30.2. The lowest BCUT2D eigenvalue weighted by atomic mass is 9.82. The van der Waals surface area contributed by atoms with Gasteiger partial charge >= 0.3 is 13.2 Å². The monoisotopic (exact) mass is 622 g/mol. The molecule has 1 aliphatic carbocycles. The van der Waals surface area contributed by atoms with E-state index in [9.17, 15) is 17.6 Å². The minimum Gasteiger partial charge on any atom is -0.486 e. The highest BCUT2D eigenvalue weighted by Crippen LogP contribution is 2.51. The van der Waals surface area contributed by atoms with Crippen LogP contribution in [0.5, 0.6) is 23.0 Å². The van der Waals surface area contributed by atoms with Gasteiger partial charge < -0.3 is 23.8 Å². The molecule has 0 radical (unpaired) electrons. The van der Waals surface area contributed by atoms with E-state index in [4.69, 9.17) is 14.5 Å². The van der Waals surface area contributed by atoms with Crippen LogP contribution < -0.4 is 18.9 Å². The number of thioether (sulfide) groups is 1. The topological polar surface area (TPSA) is 52.5 Å². The molecule has 3 aliphatic heterocycles. The summed E-state index contributed by atoms with van der Waals surface area (Å²) in [5.41, 5.74) is 6.67. The van der Waals surface area contributed by atoms with Crippen LogP contribution in [-0.4, -0.2) is 36.5 Å². The fraction of sp³-hybridized carbons (Fsp3) is 0.242. The van der Waals surface area contributed by atoms with E-state index < -0.39 is 13.2 Å². The summed E-state index contributed by atoms with van der Waals surface area (Å²) in [4.78, 5) is 7.35. The third-order valence-electron chi connectivity index (χ3n) is 7.74. The zero-order valence-electron chi connectivity index (χ0n) is 23.2. The number of aliphatic imine (C=N–C) groups is 1. The molecule has 0 spiro atoms. The standard InChI is InChI=1S/C33H26F4N2O4S/c34-31(35)42-23-9-4-19(5-10-23)16-22-2-1-3-25-29(22)38-33-39(30(25)20-6-11-24(12-7-20)43-32(36)37)26(18-44-33)21-8-13-27-28(17-21)41-15-14-40-27/h4-13,16-18,30-32H,1-3,14-15H2/b22-16-. The second kappa shape index (κ2) is 12.0. The van der Waals surface area contributed by atoms with Gasteiger partial charge in [-0.1, -0.05) is 36.0 Å². The Morgan fingerprint density at radius 3 is 2.23 bits per heavy atom. The highest BCUT2D eigenvalue weighted by Gasteiger charge is 2.40. The molecule has 0 bridgehead atoms. The summed E-state index contributed by atoms with van der Waals surface area (Å²) in [7, 11) is 0. The first-order valence-electron chi connectivity index (χ1n) is 14.1. The van der Waals surface area contributed by atoms with E-state index in [-0.39, 0.29) is 17.5 Å². The van der Waals surface area contributed by atoms with Crippen molar-refractivity contribution < 1.29 is 36.5 Å². The first-order chi connectivity index (χ1) is 21.4. The maximum Gasteiger partial charge on any atom is 0.387 e. The van der Waals surface area contributed by atoms with Gasteiger partial charge in [0.25, 0.3) is 0 Å². The molecule has 4 aliphatic rings. The van der Waals surface area contributed by atoms with Crippen LogP contribution in [0, 0.1) is 0 Å². The Labute approximate surface area is 255 Å². The van der Waals surface area contributed by atoms with Crippen LogP contribution in [0.3, 0.4) is 0 Å². The highest BCUT2D eigenvalue weighted by atomic mass is 32.2. The van der Waals surface area contributed by atoms with E-state index >= 15 is 0 Å². The minimum atomic E-state index is -2.91. The predicted octanol–water partition coefficient (Wildman–Crippen LogP) is 8.64. The molecule has 0 fully saturated rings. The quantitative estimate of drug-likeness (QED) is 0.246. The normalized spacial score (nSPS) is 20.0. The number of rotatable bonds is 7. The first kappa shape index (κ1) is 28.4. The Bertz CT molecular complexity index is 1690. The van der Waals surface area contributed by atoms with Gasteiger partial charge in [-0.2, -0.15) is 17.6 Å². The van der Waals surface area contributed by atoms with Crippen molar-refractivity contribution in [2.45, 2.75) is 38.5 Å². The maximum atomic E-state index is 12.9. The van der Waals surface area contributed by atoms with Crippen molar-refractivity contribution in [3.05, 3.63) is 106 Å². The Morgan fingerprint density at radius 2 is 1.52 bits per heavy atom. The number of amidine groups is 1. The van der Waals surface area contributed by atoms with Gasteiger partial charge in [-0.05, 0) is 90.1 Å². The van der Waals surface area contributed by atoms with E-state index in [1.165, 1.54) is 23.9 Å². The van der Waals surface area contributed by atoms with E-state index in [0.717, 1.165) is 63.7 Å². The van der Waals surface area contributed by atoms with E-state index in [1.807, 2.05) is 36.4 Å². The number of halogens is 4. The number of fused-ring (bicyclic) bond motifs is 2. The Balaban J connectivity index is 1.29. The molecule has 0 N–H and O–H groups in total. The van der Waals surface area contributed by atoms with Crippen LogP contribution in [0.1, 0.15) is 42.0 Å². The molecular weight excluding hydrogens is 596 g/mol. The number of hydrogen-bond acceptors (Lipinski definition) is 7. The number of hydrogen-bond donors (Lipinski definition) is 0. The lowest BCUT2D eigenvalue weighted by Gasteiger charge is -2.40. The average molecular weight is 623 g/mol. The molecule has 0 amide bonds. The summed E-state index contributed by atoms with van der Waals surface area (Å²) in [5.74, 6) is 1.56. The van der Waals surface area contributed by atoms with Gasteiger partial charge in [-0.15, -0.1) is 0 Å². The van der Waals surface area contributed by atoms with Gasteiger partial charge in [0.1, 0.15) is 24.7 Å². The molecule has 11 heteroatoms. The molecule has 226 valence electrons. The maximum absolute atomic E-state index is 12.9. The number of ether oxygens (including phenoxy) is 4. The van der Waals surface area contributed by atoms with Crippen molar-refractivity contribution in [3.63, 3.8) is 0 Å². The van der Waals surface area contributed by atoms with Crippen molar-refractivity contribution in [2.75, 3.05) is 13.2 Å². The van der Waals surface area contributed by atoms with E-state index in [1.54, 1.807) is 24.3 Å². The van der Waals surface area contributed by atoms with Gasteiger partial charge in [-0.25, -0.2) is 4.99 Å². The molecule has 1 atom stereocenters. The van der Waals surface area contributed by atoms with Crippen molar-refractivity contribution >= 4 is 28.7 Å². The van der Waals surface area contributed by atoms with Crippen molar-refractivity contribution in [1.82, 2.24) is 4.90 Å². The summed E-state index contributed by atoms with van der Waals surface area (Å²) in [6, 6.07) is 18.9. The number of benzene rings is 3. The highest BCUT2D eigenvalue weighted by molar-refractivity contribution is 8.16. The molecule has 3 aromatic rings. The molecule has 44 heavy (non-hydrogen) atoms. The largest absolute Gasteiger partial charge is 0.486 e. The minimum absolute atomic E-state index is 0.0875. The second-order valence-corrected chi connectivity index (χ2v) is 11.3. The summed E-state index contributed by atoms with van der Waals surface area (Å²) in [6.07, 6.45) is 4.51. The Morgan fingerprint density at radius 1 is 0.841 bits per heavy atom. The van der Waals surface area contributed by atoms with Crippen LogP contribution in [0.25, 0.3) is 11.8 Å². The van der Waals surface area contributed by atoms with Gasteiger partial charge in [0.2, 0.25) is 0 Å². The zero-order valence-corrected chi connectivity index (χ0v) is 24.0. The van der Waals surface area contributed by atoms with Crippen LogP contribution in [0.4, 0.5) is 17.6 Å². The summed E-state index contributed by atoms with van der Waals surface area (Å²) >= 11 is 1.52. The van der Waals surface area contributed by atoms with Crippen LogP contribution in [0.15, 0.2) is 94.0 Å². The number of nitrogens with zero attached hydrogens (tertiary/aromatic N) is 2. The molecule has 1 unspecified atom stereocenters. The Kier molecular flexibility index (Phi) is 7.71. The van der Waals surface area contributed by atoms with Gasteiger partial charge in [0, 0.05) is 11.0 Å². The lowest BCUT2D eigenvalue weighted by Crippen LogP contribution is -2.34. The van der Waals surface area contributed by atoms with Gasteiger partial charge in [0.05, 0.1) is 17.4 Å². The number of alkyl halides is 4. The van der Waals surface area contributed by atoms with E-state index in [2.05, 4.69) is 19.8 Å². The van der Waals surface area contributed by atoms with Crippen LogP contribution in [0.2, 0.25) is 0 Å². The number of allylic oxidation sites excluding steroid dienone is 1. The SMILES string of the molecule is FC(F)Oc1ccc(/C=C2/CCCC3=C2N=C2SC=C(c4ccc5c(c4)OCCO5)N2C3c2ccc(OC(F)F)cc2)cc1. The summed E-state index contributed by atoms with van der Waals surface area (Å²) in [6.45, 7) is -4.82. The third-order valence-corrected chi connectivity index (χ3v) is 8.58. The van der Waals surface area contributed by atoms with Crippen LogP contribution >= 0.6 is 11.8 Å². The summed E-state index contributed by atoms with van der Waals surface area (Å²) < 4.78 is 71.8. The van der Waals surface area contributed by atoms with Crippen molar-refractivity contribution in [1.29, 1.82) is 0 Å². The van der Waals surface area contributed by atoms with Crippen molar-refractivity contribution in [2.24, 2.45) is 4.99 Å². The predicted molar refractivity (Wildman–Crippen MR) is 160 cm³/mol. The molecule has 0 saturated heterocycles. The fourth-order valence-corrected chi connectivity index (χ4v) is 6.84. The summed E-state index contributed by atoms with van der Waals surface area (Å²) in [5, 5.41) is 2.86. The van der Waals surface area contributed by atoms with Gasteiger partial charge in [-0.3, -0.25) is 0 Å². The average Bonchev–Trinajstić information content (AvgIpc) is 3.44. The first-order valence-corrected chi connectivity index (χ1v) is 15.0. The molecule has 6 nitrogen and oxygen atoms in total. The molecule has 3 heterocycles. The molecule has 7 rings (SSSR count). The lowest BCUT2D eigenvalue weighted by molar-refractivity contribution is -0.0505. The second-order valence-electron chi connectivity index (χ2n) is 10.4. The van der Waals surface area contributed by atoms with Crippen molar-refractivity contribution in [3.8, 4) is 23.0 Å². The smallest absolute Gasteiger partial charge is 0.387 e. The van der Waals surface area contributed by atoms with E-state index in [0.29, 0.717) is 24.7 Å².